The second kappa shape index (κ2) is 9.57. The van der Waals surface area contributed by atoms with Crippen molar-refractivity contribution in [1.82, 2.24) is 15.5 Å². The Hall–Kier alpha value is -2.58. The van der Waals surface area contributed by atoms with E-state index in [2.05, 4.69) is 20.8 Å². The molecule has 1 atom stereocenters. The molecule has 8 heteroatoms. The van der Waals surface area contributed by atoms with E-state index in [1.807, 2.05) is 62.4 Å². The van der Waals surface area contributed by atoms with E-state index in [0.29, 0.717) is 11.7 Å². The fourth-order valence-corrected chi connectivity index (χ4v) is 4.29. The molecule has 0 saturated carbocycles. The van der Waals surface area contributed by atoms with Crippen molar-refractivity contribution in [3.8, 4) is 5.75 Å². The number of carbonyl (C=O) groups is 1. The van der Waals surface area contributed by atoms with E-state index < -0.39 is 0 Å². The van der Waals surface area contributed by atoms with Crippen LogP contribution in [0.1, 0.15) is 18.1 Å². The summed E-state index contributed by atoms with van der Waals surface area (Å²) in [7, 11) is 1.63. The number of rotatable bonds is 8. The lowest BCUT2D eigenvalue weighted by atomic mass is 10.1. The number of aryl methyl sites for hydroxylation is 1. The van der Waals surface area contributed by atoms with Gasteiger partial charge in [-0.05, 0) is 43.7 Å². The Bertz CT molecular complexity index is 911. The summed E-state index contributed by atoms with van der Waals surface area (Å²) in [6.45, 7) is 4.43. The molecule has 3 aromatic rings. The topological polar surface area (TPSA) is 76.1 Å². The summed E-state index contributed by atoms with van der Waals surface area (Å²) < 4.78 is 5.89. The predicted octanol–water partition coefficient (Wildman–Crippen LogP) is 4.40. The Morgan fingerprint density at radius 3 is 2.54 bits per heavy atom. The molecule has 1 amide bonds. The Kier molecular flexibility index (Phi) is 6.89. The number of nitrogens with one attached hydrogen (secondary N) is 2. The second-order valence-corrected chi connectivity index (χ2v) is 8.76. The normalized spacial score (nSPS) is 11.7. The van der Waals surface area contributed by atoms with Crippen LogP contribution in [0.3, 0.4) is 0 Å². The van der Waals surface area contributed by atoms with Gasteiger partial charge in [0.15, 0.2) is 4.34 Å². The largest absolute Gasteiger partial charge is 0.497 e. The number of methoxy groups -OCH3 is 1. The summed E-state index contributed by atoms with van der Waals surface area (Å²) in [5.41, 5.74) is 3.18. The number of amides is 1. The van der Waals surface area contributed by atoms with Crippen molar-refractivity contribution < 1.29 is 9.53 Å². The van der Waals surface area contributed by atoms with Crippen molar-refractivity contribution in [3.05, 3.63) is 59.7 Å². The first-order valence-electron chi connectivity index (χ1n) is 8.78. The molecule has 0 aliphatic heterocycles. The van der Waals surface area contributed by atoms with Crippen LogP contribution in [0.4, 0.5) is 10.8 Å². The molecule has 0 bridgehead atoms. The molecule has 0 aliphatic carbocycles. The summed E-state index contributed by atoms with van der Waals surface area (Å²) >= 11 is 2.82. The highest BCUT2D eigenvalue weighted by atomic mass is 32.2. The van der Waals surface area contributed by atoms with Gasteiger partial charge in [-0.15, -0.1) is 10.2 Å². The lowest BCUT2D eigenvalue weighted by Gasteiger charge is -2.10. The summed E-state index contributed by atoms with van der Waals surface area (Å²) in [6.07, 6.45) is 0. The molecule has 1 heterocycles. The minimum Gasteiger partial charge on any atom is -0.497 e. The fourth-order valence-electron chi connectivity index (χ4n) is 2.35. The van der Waals surface area contributed by atoms with Gasteiger partial charge in [-0.1, -0.05) is 52.9 Å². The molecule has 0 saturated heterocycles. The Morgan fingerprint density at radius 2 is 1.86 bits per heavy atom. The molecule has 28 heavy (non-hydrogen) atoms. The van der Waals surface area contributed by atoms with Crippen molar-refractivity contribution in [2.45, 2.75) is 30.0 Å². The van der Waals surface area contributed by atoms with Gasteiger partial charge in [0.1, 0.15) is 5.75 Å². The zero-order chi connectivity index (χ0) is 19.9. The molecule has 0 aliphatic rings. The van der Waals surface area contributed by atoms with Gasteiger partial charge in [0.2, 0.25) is 11.0 Å². The van der Waals surface area contributed by atoms with E-state index in [4.69, 9.17) is 4.74 Å². The predicted molar refractivity (Wildman–Crippen MR) is 115 cm³/mol. The first-order valence-corrected chi connectivity index (χ1v) is 10.5. The maximum absolute atomic E-state index is 12.3. The molecule has 0 radical (unpaired) electrons. The van der Waals surface area contributed by atoms with E-state index in [1.54, 1.807) is 7.11 Å². The SMILES string of the molecule is COc1ccc(Nc2nnc(S[C@H](C)C(=O)NCc3ccc(C)cc3)s2)cc1. The van der Waals surface area contributed by atoms with E-state index in [-0.39, 0.29) is 11.2 Å². The van der Waals surface area contributed by atoms with Gasteiger partial charge in [-0.3, -0.25) is 4.79 Å². The van der Waals surface area contributed by atoms with Gasteiger partial charge < -0.3 is 15.4 Å². The lowest BCUT2D eigenvalue weighted by molar-refractivity contribution is -0.120. The van der Waals surface area contributed by atoms with E-state index >= 15 is 0 Å². The number of thioether (sulfide) groups is 1. The van der Waals surface area contributed by atoms with Crippen LogP contribution in [0.5, 0.6) is 5.75 Å². The summed E-state index contributed by atoms with van der Waals surface area (Å²) in [4.78, 5) is 12.3. The third-order valence-corrected chi connectivity index (χ3v) is 6.00. The number of aromatic nitrogens is 2. The monoisotopic (exact) mass is 414 g/mol. The third kappa shape index (κ3) is 5.71. The lowest BCUT2D eigenvalue weighted by Crippen LogP contribution is -2.30. The Balaban J connectivity index is 1.50. The van der Waals surface area contributed by atoms with Crippen LogP contribution >= 0.6 is 23.1 Å². The quantitative estimate of drug-likeness (QED) is 0.532. The van der Waals surface area contributed by atoms with Gasteiger partial charge in [-0.2, -0.15) is 0 Å². The highest BCUT2D eigenvalue weighted by Gasteiger charge is 2.17. The molecule has 0 unspecified atom stereocenters. The number of hydrogen-bond donors (Lipinski definition) is 2. The summed E-state index contributed by atoms with van der Waals surface area (Å²) in [5, 5.41) is 14.9. The molecule has 146 valence electrons. The van der Waals surface area contributed by atoms with Crippen LogP contribution < -0.4 is 15.4 Å². The molecular weight excluding hydrogens is 392 g/mol. The zero-order valence-electron chi connectivity index (χ0n) is 15.9. The first-order chi connectivity index (χ1) is 13.5. The van der Waals surface area contributed by atoms with E-state index in [0.717, 1.165) is 21.3 Å². The summed E-state index contributed by atoms with van der Waals surface area (Å²) in [6, 6.07) is 15.7. The smallest absolute Gasteiger partial charge is 0.233 e. The van der Waals surface area contributed by atoms with Gasteiger partial charge >= 0.3 is 0 Å². The molecule has 0 fully saturated rings. The first kappa shape index (κ1) is 20.2. The highest BCUT2D eigenvalue weighted by Crippen LogP contribution is 2.30. The minimum atomic E-state index is -0.257. The van der Waals surface area contributed by atoms with Crippen molar-refractivity contribution in [3.63, 3.8) is 0 Å². The maximum Gasteiger partial charge on any atom is 0.233 e. The number of benzene rings is 2. The average Bonchev–Trinajstić information content (AvgIpc) is 3.14. The molecule has 0 spiro atoms. The van der Waals surface area contributed by atoms with Crippen LogP contribution in [-0.4, -0.2) is 28.5 Å². The van der Waals surface area contributed by atoms with Gasteiger partial charge in [0.25, 0.3) is 0 Å². The van der Waals surface area contributed by atoms with Gasteiger partial charge in [-0.25, -0.2) is 0 Å². The molecular formula is C20H22N4O2S2. The van der Waals surface area contributed by atoms with Crippen molar-refractivity contribution in [2.75, 3.05) is 12.4 Å². The molecule has 2 N–H and O–H groups in total. The van der Waals surface area contributed by atoms with E-state index in [9.17, 15) is 4.79 Å². The van der Waals surface area contributed by atoms with Crippen molar-refractivity contribution in [1.29, 1.82) is 0 Å². The van der Waals surface area contributed by atoms with Crippen LogP contribution in [0.2, 0.25) is 0 Å². The number of ether oxygens (including phenoxy) is 1. The van der Waals surface area contributed by atoms with Crippen molar-refractivity contribution in [2.24, 2.45) is 0 Å². The molecule has 2 aromatic carbocycles. The molecule has 1 aromatic heterocycles. The number of anilines is 2. The van der Waals surface area contributed by atoms with Gasteiger partial charge in [0, 0.05) is 12.2 Å². The fraction of sp³-hybridized carbons (Fsp3) is 0.250. The molecule has 6 nitrogen and oxygen atoms in total. The van der Waals surface area contributed by atoms with Crippen LogP contribution in [0, 0.1) is 6.92 Å². The summed E-state index contributed by atoms with van der Waals surface area (Å²) in [5.74, 6) is 0.773. The Morgan fingerprint density at radius 1 is 1.14 bits per heavy atom. The molecule has 3 rings (SSSR count). The number of hydrogen-bond acceptors (Lipinski definition) is 7. The number of carbonyl (C=O) groups excluding carboxylic acids is 1. The van der Waals surface area contributed by atoms with Crippen LogP contribution in [-0.2, 0) is 11.3 Å². The minimum absolute atomic E-state index is 0.0227. The van der Waals surface area contributed by atoms with Crippen LogP contribution in [0.25, 0.3) is 0 Å². The van der Waals surface area contributed by atoms with Crippen LogP contribution in [0.15, 0.2) is 52.9 Å². The van der Waals surface area contributed by atoms with Gasteiger partial charge in [0.05, 0.1) is 12.4 Å². The highest BCUT2D eigenvalue weighted by molar-refractivity contribution is 8.02. The standard InChI is InChI=1S/C20H22N4O2S2/c1-13-4-6-15(7-5-13)12-21-18(25)14(2)27-20-24-23-19(28-20)22-16-8-10-17(26-3)11-9-16/h4-11,14H,12H2,1-3H3,(H,21,25)(H,22,23)/t14-/m1/s1. The Labute approximate surface area is 172 Å². The van der Waals surface area contributed by atoms with Crippen molar-refractivity contribution >= 4 is 39.8 Å². The second-order valence-electron chi connectivity index (χ2n) is 6.19. The van der Waals surface area contributed by atoms with E-state index in [1.165, 1.54) is 28.7 Å². The zero-order valence-corrected chi connectivity index (χ0v) is 17.6. The third-order valence-electron chi connectivity index (χ3n) is 3.98. The maximum atomic E-state index is 12.3. The average molecular weight is 415 g/mol. The number of nitrogens with zero attached hydrogens (tertiary/aromatic N) is 2.